The molecule has 2 rings (SSSR count). The van der Waals surface area contributed by atoms with Crippen molar-refractivity contribution in [1.82, 2.24) is 10.2 Å². The predicted octanol–water partition coefficient (Wildman–Crippen LogP) is 0.492. The van der Waals surface area contributed by atoms with Crippen molar-refractivity contribution in [3.63, 3.8) is 0 Å². The number of primary amides is 1. The number of allylic oxidation sites excluding steroid dienone is 2. The number of carbonyl (C=O) groups excluding carboxylic acids is 1. The van der Waals surface area contributed by atoms with E-state index in [1.165, 1.54) is 0 Å². The van der Waals surface area contributed by atoms with Crippen LogP contribution in [0.25, 0.3) is 0 Å². The van der Waals surface area contributed by atoms with Gasteiger partial charge in [-0.25, -0.2) is 0 Å². The van der Waals surface area contributed by atoms with Gasteiger partial charge in [0.2, 0.25) is 5.91 Å². The lowest BCUT2D eigenvalue weighted by molar-refractivity contribution is -0.125. The van der Waals surface area contributed by atoms with Crippen LogP contribution in [-0.2, 0) is 4.79 Å². The van der Waals surface area contributed by atoms with Gasteiger partial charge in [-0.1, -0.05) is 12.2 Å². The highest BCUT2D eigenvalue weighted by molar-refractivity contribution is 5.80. The highest BCUT2D eigenvalue weighted by Gasteiger charge is 2.32. The lowest BCUT2D eigenvalue weighted by Gasteiger charge is -2.34. The van der Waals surface area contributed by atoms with Crippen molar-refractivity contribution >= 4 is 5.91 Å². The average Bonchev–Trinajstić information content (AvgIpc) is 2.59. The molecule has 3 N–H and O–H groups in total. The number of nitrogens with one attached hydrogen (secondary N) is 1. The van der Waals surface area contributed by atoms with E-state index < -0.39 is 0 Å². The SMILES string of the molecule is NC(=O)C(C1CC=CCC1)N1CCCNCC1. The van der Waals surface area contributed by atoms with Crippen LogP contribution in [0.3, 0.4) is 0 Å². The molecular formula is C13H23N3O. The summed E-state index contributed by atoms with van der Waals surface area (Å²) >= 11 is 0. The van der Waals surface area contributed by atoms with Crippen molar-refractivity contribution < 1.29 is 4.79 Å². The van der Waals surface area contributed by atoms with Crippen LogP contribution in [0.2, 0.25) is 0 Å². The molecule has 0 saturated carbocycles. The van der Waals surface area contributed by atoms with Crippen molar-refractivity contribution in [1.29, 1.82) is 0 Å². The van der Waals surface area contributed by atoms with Crippen LogP contribution in [0.4, 0.5) is 0 Å². The van der Waals surface area contributed by atoms with Gasteiger partial charge in [0.15, 0.2) is 0 Å². The monoisotopic (exact) mass is 237 g/mol. The minimum absolute atomic E-state index is 0.0696. The Morgan fingerprint density at radius 2 is 2.24 bits per heavy atom. The van der Waals surface area contributed by atoms with Gasteiger partial charge in [0.05, 0.1) is 6.04 Å². The van der Waals surface area contributed by atoms with E-state index in [1.54, 1.807) is 0 Å². The quantitative estimate of drug-likeness (QED) is 0.702. The van der Waals surface area contributed by atoms with Crippen molar-refractivity contribution in [3.05, 3.63) is 12.2 Å². The molecule has 1 heterocycles. The first-order valence-electron chi connectivity index (χ1n) is 6.68. The fourth-order valence-electron chi connectivity index (χ4n) is 2.96. The number of hydrogen-bond acceptors (Lipinski definition) is 3. The predicted molar refractivity (Wildman–Crippen MR) is 68.5 cm³/mol. The van der Waals surface area contributed by atoms with Crippen LogP contribution < -0.4 is 11.1 Å². The standard InChI is InChI=1S/C13H23N3O/c14-13(17)12(11-5-2-1-3-6-11)16-9-4-7-15-8-10-16/h1-2,11-12,15H,3-10H2,(H2,14,17). The van der Waals surface area contributed by atoms with Crippen molar-refractivity contribution in [2.24, 2.45) is 11.7 Å². The highest BCUT2D eigenvalue weighted by Crippen LogP contribution is 2.25. The molecule has 2 unspecified atom stereocenters. The Balaban J connectivity index is 2.04. The van der Waals surface area contributed by atoms with Crippen molar-refractivity contribution in [3.8, 4) is 0 Å². The van der Waals surface area contributed by atoms with Crippen molar-refractivity contribution in [2.75, 3.05) is 26.2 Å². The summed E-state index contributed by atoms with van der Waals surface area (Å²) in [5.41, 5.74) is 5.62. The molecule has 0 aromatic rings. The molecule has 0 bridgehead atoms. The van der Waals surface area contributed by atoms with Crippen LogP contribution >= 0.6 is 0 Å². The Morgan fingerprint density at radius 3 is 2.94 bits per heavy atom. The largest absolute Gasteiger partial charge is 0.368 e. The third-order valence-electron chi connectivity index (χ3n) is 3.82. The summed E-state index contributed by atoms with van der Waals surface area (Å²) in [5.74, 6) is 0.266. The summed E-state index contributed by atoms with van der Waals surface area (Å²) in [6.07, 6.45) is 8.68. The molecule has 1 aliphatic carbocycles. The summed E-state index contributed by atoms with van der Waals surface area (Å²) in [6, 6.07) is -0.0696. The molecule has 96 valence electrons. The van der Waals surface area contributed by atoms with E-state index in [4.69, 9.17) is 5.73 Å². The Kier molecular flexibility index (Phi) is 4.57. The number of carbonyl (C=O) groups is 1. The van der Waals surface area contributed by atoms with Gasteiger partial charge < -0.3 is 11.1 Å². The van der Waals surface area contributed by atoms with Gasteiger partial charge in [0, 0.05) is 19.6 Å². The molecular weight excluding hydrogens is 214 g/mol. The van der Waals surface area contributed by atoms with Crippen molar-refractivity contribution in [2.45, 2.75) is 31.7 Å². The third kappa shape index (κ3) is 3.30. The van der Waals surface area contributed by atoms with Gasteiger partial charge in [-0.05, 0) is 38.1 Å². The van der Waals surface area contributed by atoms with Gasteiger partial charge in [0.25, 0.3) is 0 Å². The molecule has 4 heteroatoms. The number of nitrogens with zero attached hydrogens (tertiary/aromatic N) is 1. The zero-order chi connectivity index (χ0) is 12.1. The second-order valence-corrected chi connectivity index (χ2v) is 5.03. The van der Waals surface area contributed by atoms with Crippen LogP contribution in [0.1, 0.15) is 25.7 Å². The Morgan fingerprint density at radius 1 is 1.35 bits per heavy atom. The van der Waals surface area contributed by atoms with E-state index >= 15 is 0 Å². The average molecular weight is 237 g/mol. The smallest absolute Gasteiger partial charge is 0.235 e. The van der Waals surface area contributed by atoms with Crippen LogP contribution in [0, 0.1) is 5.92 Å². The second-order valence-electron chi connectivity index (χ2n) is 5.03. The molecule has 0 aromatic carbocycles. The van der Waals surface area contributed by atoms with Gasteiger partial charge in [-0.3, -0.25) is 9.69 Å². The van der Waals surface area contributed by atoms with E-state index in [0.717, 1.165) is 51.9 Å². The summed E-state index contributed by atoms with van der Waals surface area (Å²) in [7, 11) is 0. The Labute approximate surface area is 103 Å². The maximum Gasteiger partial charge on any atom is 0.235 e. The molecule has 0 spiro atoms. The maximum absolute atomic E-state index is 11.7. The molecule has 1 amide bonds. The minimum Gasteiger partial charge on any atom is -0.368 e. The molecule has 2 atom stereocenters. The van der Waals surface area contributed by atoms with E-state index in [9.17, 15) is 4.79 Å². The Hall–Kier alpha value is -0.870. The summed E-state index contributed by atoms with van der Waals surface area (Å²) < 4.78 is 0. The molecule has 1 saturated heterocycles. The first-order valence-corrected chi connectivity index (χ1v) is 6.68. The van der Waals surface area contributed by atoms with Gasteiger partial charge in [-0.2, -0.15) is 0 Å². The third-order valence-corrected chi connectivity index (χ3v) is 3.82. The first-order chi connectivity index (χ1) is 8.29. The summed E-state index contributed by atoms with van der Waals surface area (Å²) in [5, 5.41) is 3.37. The van der Waals surface area contributed by atoms with Crippen LogP contribution in [-0.4, -0.2) is 43.0 Å². The maximum atomic E-state index is 11.7. The first kappa shape index (κ1) is 12.6. The van der Waals surface area contributed by atoms with Gasteiger partial charge in [0.1, 0.15) is 0 Å². The highest BCUT2D eigenvalue weighted by atomic mass is 16.1. The van der Waals surface area contributed by atoms with Gasteiger partial charge in [-0.15, -0.1) is 0 Å². The fourth-order valence-corrected chi connectivity index (χ4v) is 2.96. The Bertz CT molecular complexity index is 282. The molecule has 2 aliphatic rings. The lowest BCUT2D eigenvalue weighted by Crippen LogP contribution is -2.50. The second kappa shape index (κ2) is 6.17. The summed E-state index contributed by atoms with van der Waals surface area (Å²) in [4.78, 5) is 14.0. The van der Waals surface area contributed by atoms with Crippen LogP contribution in [0.15, 0.2) is 12.2 Å². The minimum atomic E-state index is -0.146. The number of hydrogen-bond donors (Lipinski definition) is 2. The van der Waals surface area contributed by atoms with Gasteiger partial charge >= 0.3 is 0 Å². The number of rotatable bonds is 3. The molecule has 0 aromatic heterocycles. The van der Waals surface area contributed by atoms with E-state index in [2.05, 4.69) is 22.4 Å². The van der Waals surface area contributed by atoms with E-state index in [-0.39, 0.29) is 11.9 Å². The molecule has 1 fully saturated rings. The summed E-state index contributed by atoms with van der Waals surface area (Å²) in [6.45, 7) is 3.94. The molecule has 17 heavy (non-hydrogen) atoms. The zero-order valence-corrected chi connectivity index (χ0v) is 10.4. The molecule has 0 radical (unpaired) electrons. The molecule has 1 aliphatic heterocycles. The topological polar surface area (TPSA) is 58.4 Å². The van der Waals surface area contributed by atoms with E-state index in [0.29, 0.717) is 5.92 Å². The normalized spacial score (nSPS) is 28.6. The lowest BCUT2D eigenvalue weighted by atomic mass is 9.86. The van der Waals surface area contributed by atoms with Crippen LogP contribution in [0.5, 0.6) is 0 Å². The number of nitrogens with two attached hydrogens (primary N) is 1. The zero-order valence-electron chi connectivity index (χ0n) is 10.4. The fraction of sp³-hybridized carbons (Fsp3) is 0.769. The number of amides is 1. The molecule has 4 nitrogen and oxygen atoms in total. The van der Waals surface area contributed by atoms with E-state index in [1.807, 2.05) is 0 Å².